The van der Waals surface area contributed by atoms with Crippen molar-refractivity contribution in [3.63, 3.8) is 0 Å². The second kappa shape index (κ2) is 9.41. The molecule has 2 N–H and O–H groups in total. The Morgan fingerprint density at radius 2 is 1.65 bits per heavy atom. The second-order valence-corrected chi connectivity index (χ2v) is 6.94. The lowest BCUT2D eigenvalue weighted by Gasteiger charge is -2.21. The highest BCUT2D eigenvalue weighted by atomic mass is 15.1. The summed E-state index contributed by atoms with van der Waals surface area (Å²) in [5, 5.41) is 6.90. The van der Waals surface area contributed by atoms with E-state index in [4.69, 9.17) is 0 Å². The number of hydrogen-bond donors (Lipinski definition) is 2. The smallest absolute Gasteiger partial charge is 0.229 e. The molecular formula is C21H31N5. The normalized spacial score (nSPS) is 15.3. The molecule has 5 nitrogen and oxygen atoms in total. The fourth-order valence-electron chi connectivity index (χ4n) is 3.61. The van der Waals surface area contributed by atoms with Crippen molar-refractivity contribution in [1.29, 1.82) is 0 Å². The average Bonchev–Trinajstić information content (AvgIpc) is 2.93. The largest absolute Gasteiger partial charge is 0.372 e. The Balaban J connectivity index is 1.62. The summed E-state index contributed by atoms with van der Waals surface area (Å²) in [4.78, 5) is 11.3. The van der Waals surface area contributed by atoms with Crippen molar-refractivity contribution in [2.45, 2.75) is 58.4 Å². The van der Waals surface area contributed by atoms with Gasteiger partial charge in [0.2, 0.25) is 5.95 Å². The summed E-state index contributed by atoms with van der Waals surface area (Å²) >= 11 is 0. The lowest BCUT2D eigenvalue weighted by atomic mass is 10.1. The number of benzene rings is 1. The van der Waals surface area contributed by atoms with Crippen LogP contribution in [-0.4, -0.2) is 29.1 Å². The lowest BCUT2D eigenvalue weighted by Crippen LogP contribution is -2.21. The van der Waals surface area contributed by atoms with Gasteiger partial charge in [-0.2, -0.15) is 4.98 Å². The summed E-state index contributed by atoms with van der Waals surface area (Å²) in [5.41, 5.74) is 2.25. The summed E-state index contributed by atoms with van der Waals surface area (Å²) in [6, 6.07) is 10.9. The number of aromatic nitrogens is 2. The molecule has 3 rings (SSSR count). The highest BCUT2D eigenvalue weighted by Gasteiger charge is 2.12. The van der Waals surface area contributed by atoms with Gasteiger partial charge < -0.3 is 15.5 Å². The van der Waals surface area contributed by atoms with Gasteiger partial charge in [-0.1, -0.05) is 25.7 Å². The van der Waals surface area contributed by atoms with Crippen LogP contribution in [0.4, 0.5) is 23.1 Å². The Bertz CT molecular complexity index is 658. The molecule has 2 aromatic rings. The molecule has 1 heterocycles. The van der Waals surface area contributed by atoms with Gasteiger partial charge in [0.15, 0.2) is 0 Å². The van der Waals surface area contributed by atoms with Crippen LogP contribution >= 0.6 is 0 Å². The lowest BCUT2D eigenvalue weighted by molar-refractivity contribution is 0.617. The Morgan fingerprint density at radius 1 is 0.962 bits per heavy atom. The van der Waals surface area contributed by atoms with Crippen LogP contribution in [0.25, 0.3) is 0 Å². The van der Waals surface area contributed by atoms with E-state index in [-0.39, 0.29) is 0 Å². The zero-order chi connectivity index (χ0) is 18.2. The minimum atomic E-state index is 0.536. The van der Waals surface area contributed by atoms with Gasteiger partial charge >= 0.3 is 0 Å². The predicted octanol–water partition coefficient (Wildman–Crippen LogP) is 5.20. The average molecular weight is 354 g/mol. The maximum atomic E-state index is 4.64. The number of rotatable bonds is 7. The van der Waals surface area contributed by atoms with E-state index in [1.165, 1.54) is 44.2 Å². The molecule has 1 aromatic carbocycles. The van der Waals surface area contributed by atoms with Crippen LogP contribution in [0.2, 0.25) is 0 Å². The van der Waals surface area contributed by atoms with Gasteiger partial charge in [0.05, 0.1) is 0 Å². The minimum absolute atomic E-state index is 0.536. The van der Waals surface area contributed by atoms with Gasteiger partial charge in [0, 0.05) is 36.7 Å². The first-order valence-electron chi connectivity index (χ1n) is 10.00. The van der Waals surface area contributed by atoms with E-state index in [0.29, 0.717) is 12.0 Å². The Kier molecular flexibility index (Phi) is 6.69. The molecule has 1 fully saturated rings. The Labute approximate surface area is 157 Å². The van der Waals surface area contributed by atoms with Crippen LogP contribution in [0.3, 0.4) is 0 Å². The van der Waals surface area contributed by atoms with Crippen LogP contribution in [-0.2, 0) is 0 Å². The summed E-state index contributed by atoms with van der Waals surface area (Å²) < 4.78 is 0. The first kappa shape index (κ1) is 18.5. The molecule has 5 heteroatoms. The van der Waals surface area contributed by atoms with Crippen molar-refractivity contribution in [2.75, 3.05) is 28.6 Å². The van der Waals surface area contributed by atoms with Gasteiger partial charge in [-0.25, -0.2) is 4.98 Å². The van der Waals surface area contributed by atoms with Crippen LogP contribution in [0.15, 0.2) is 36.5 Å². The standard InChI is InChI=1S/C21H31N5/c1-3-26(4-2)19-13-11-18(12-14-19)24-21-22-16-15-20(25-21)23-17-9-7-5-6-8-10-17/h11-17H,3-10H2,1-2H3,(H2,22,23,24,25). The van der Waals surface area contributed by atoms with Gasteiger partial charge in [0.25, 0.3) is 0 Å². The molecule has 0 bridgehead atoms. The zero-order valence-electron chi connectivity index (χ0n) is 16.0. The summed E-state index contributed by atoms with van der Waals surface area (Å²) in [6.45, 7) is 6.38. The molecule has 0 aliphatic heterocycles. The molecule has 0 amide bonds. The van der Waals surface area contributed by atoms with E-state index in [1.54, 1.807) is 0 Å². The molecule has 1 aliphatic carbocycles. The number of nitrogens with zero attached hydrogens (tertiary/aromatic N) is 3. The second-order valence-electron chi connectivity index (χ2n) is 6.94. The first-order valence-corrected chi connectivity index (χ1v) is 10.00. The van der Waals surface area contributed by atoms with E-state index >= 15 is 0 Å². The molecule has 1 saturated carbocycles. The number of hydrogen-bond acceptors (Lipinski definition) is 5. The topological polar surface area (TPSA) is 53.1 Å². The van der Waals surface area contributed by atoms with Gasteiger partial charge in [0.1, 0.15) is 5.82 Å². The van der Waals surface area contributed by atoms with Crippen molar-refractivity contribution < 1.29 is 0 Å². The molecule has 0 spiro atoms. The van der Waals surface area contributed by atoms with Gasteiger partial charge in [-0.15, -0.1) is 0 Å². The number of anilines is 4. The zero-order valence-corrected chi connectivity index (χ0v) is 16.0. The van der Waals surface area contributed by atoms with Crippen molar-refractivity contribution in [1.82, 2.24) is 9.97 Å². The molecule has 1 aromatic heterocycles. The Morgan fingerprint density at radius 3 is 2.31 bits per heavy atom. The number of nitrogens with one attached hydrogen (secondary N) is 2. The van der Waals surface area contributed by atoms with Gasteiger partial charge in [-0.05, 0) is 57.0 Å². The molecule has 0 saturated heterocycles. The van der Waals surface area contributed by atoms with E-state index in [1.807, 2.05) is 12.3 Å². The van der Waals surface area contributed by atoms with Crippen LogP contribution < -0.4 is 15.5 Å². The fourth-order valence-corrected chi connectivity index (χ4v) is 3.61. The third-order valence-electron chi connectivity index (χ3n) is 5.11. The molecular weight excluding hydrogens is 322 g/mol. The quantitative estimate of drug-likeness (QED) is 0.670. The molecule has 0 atom stereocenters. The van der Waals surface area contributed by atoms with E-state index in [0.717, 1.165) is 24.6 Å². The molecule has 140 valence electrons. The third-order valence-corrected chi connectivity index (χ3v) is 5.11. The van der Waals surface area contributed by atoms with E-state index in [2.05, 4.69) is 63.6 Å². The van der Waals surface area contributed by atoms with Crippen LogP contribution in [0.5, 0.6) is 0 Å². The SMILES string of the molecule is CCN(CC)c1ccc(Nc2nccc(NC3CCCCCC3)n2)cc1. The highest BCUT2D eigenvalue weighted by molar-refractivity contribution is 5.60. The summed E-state index contributed by atoms with van der Waals surface area (Å²) in [5.74, 6) is 1.55. The minimum Gasteiger partial charge on any atom is -0.372 e. The monoisotopic (exact) mass is 353 g/mol. The summed E-state index contributed by atoms with van der Waals surface area (Å²) in [6.07, 6.45) is 9.63. The predicted molar refractivity (Wildman–Crippen MR) is 110 cm³/mol. The molecule has 0 unspecified atom stereocenters. The van der Waals surface area contributed by atoms with Crippen molar-refractivity contribution in [3.05, 3.63) is 36.5 Å². The third kappa shape index (κ3) is 5.10. The molecule has 0 radical (unpaired) electrons. The highest BCUT2D eigenvalue weighted by Crippen LogP contribution is 2.22. The maximum Gasteiger partial charge on any atom is 0.229 e. The van der Waals surface area contributed by atoms with E-state index in [9.17, 15) is 0 Å². The van der Waals surface area contributed by atoms with Gasteiger partial charge in [-0.3, -0.25) is 0 Å². The maximum absolute atomic E-state index is 4.64. The molecule has 1 aliphatic rings. The summed E-state index contributed by atoms with van der Waals surface area (Å²) in [7, 11) is 0. The van der Waals surface area contributed by atoms with Crippen molar-refractivity contribution in [2.24, 2.45) is 0 Å². The Hall–Kier alpha value is -2.30. The van der Waals surface area contributed by atoms with E-state index < -0.39 is 0 Å². The molecule has 26 heavy (non-hydrogen) atoms. The van der Waals surface area contributed by atoms with Crippen LogP contribution in [0, 0.1) is 0 Å². The van der Waals surface area contributed by atoms with Crippen LogP contribution in [0.1, 0.15) is 52.4 Å². The van der Waals surface area contributed by atoms with Crippen molar-refractivity contribution >= 4 is 23.1 Å². The fraction of sp³-hybridized carbons (Fsp3) is 0.524. The first-order chi connectivity index (χ1) is 12.8. The van der Waals surface area contributed by atoms with Crippen molar-refractivity contribution in [3.8, 4) is 0 Å².